The van der Waals surface area contributed by atoms with Gasteiger partial charge in [-0.3, -0.25) is 15.1 Å². The number of rotatable bonds is 14. The molecule has 6 N–H and O–H groups in total. The zero-order valence-electron chi connectivity index (χ0n) is 24.3. The van der Waals surface area contributed by atoms with Crippen LogP contribution in [0, 0.1) is 0 Å². The van der Waals surface area contributed by atoms with Gasteiger partial charge >= 0.3 is 0 Å². The van der Waals surface area contributed by atoms with Gasteiger partial charge in [0.25, 0.3) is 0 Å². The molecule has 0 bridgehead atoms. The molecule has 3 aliphatic rings. The van der Waals surface area contributed by atoms with Crippen LogP contribution in [0.5, 0.6) is 11.5 Å². The zero-order valence-corrected chi connectivity index (χ0v) is 24.3. The number of aromatic hydroxyl groups is 1. The molecule has 0 spiro atoms. The first kappa shape index (κ1) is 30.0. The van der Waals surface area contributed by atoms with Crippen molar-refractivity contribution in [1.29, 1.82) is 0 Å². The fourth-order valence-electron chi connectivity index (χ4n) is 5.97. The highest BCUT2D eigenvalue weighted by atomic mass is 16.5. The summed E-state index contributed by atoms with van der Waals surface area (Å²) in [5.41, 5.74) is 14.2. The molecular weight excluding hydrogens is 532 g/mol. The number of aryl methyl sites for hydroxylation is 1. The van der Waals surface area contributed by atoms with Crippen molar-refractivity contribution in [2.24, 2.45) is 10.7 Å². The third kappa shape index (κ3) is 7.28. The van der Waals surface area contributed by atoms with Crippen LogP contribution in [0.2, 0.25) is 0 Å². The molecule has 0 aliphatic carbocycles. The number of carbonyl (C=O) groups excluding carboxylic acids is 1. The van der Waals surface area contributed by atoms with Gasteiger partial charge in [-0.2, -0.15) is 0 Å². The molecule has 0 aromatic heterocycles. The highest BCUT2D eigenvalue weighted by Gasteiger charge is 2.28. The highest BCUT2D eigenvalue weighted by molar-refractivity contribution is 6.09. The van der Waals surface area contributed by atoms with Crippen LogP contribution in [-0.2, 0) is 24.1 Å². The van der Waals surface area contributed by atoms with E-state index in [0.717, 1.165) is 42.7 Å². The van der Waals surface area contributed by atoms with Crippen LogP contribution < -0.4 is 15.8 Å². The van der Waals surface area contributed by atoms with E-state index in [-0.39, 0.29) is 43.7 Å². The zero-order chi connectivity index (χ0) is 29.6. The second-order valence-corrected chi connectivity index (χ2v) is 11.5. The average Bonchev–Trinajstić information content (AvgIpc) is 3.53. The molecule has 42 heavy (non-hydrogen) atoms. The maximum absolute atomic E-state index is 12.4. The molecule has 2 aromatic rings. The predicted molar refractivity (Wildman–Crippen MR) is 162 cm³/mol. The number of fused-ring (bicyclic) bond motifs is 2. The monoisotopic (exact) mass is 574 g/mol. The maximum atomic E-state index is 12.4. The molecule has 3 unspecified atom stereocenters. The second kappa shape index (κ2) is 13.6. The number of benzene rings is 2. The molecule has 2 aromatic carbocycles. The third-order valence-corrected chi connectivity index (χ3v) is 8.19. The number of phenols is 1. The Hall–Kier alpha value is -3.50. The van der Waals surface area contributed by atoms with E-state index >= 15 is 0 Å². The maximum Gasteiger partial charge on any atom is 0.163 e. The smallest absolute Gasteiger partial charge is 0.163 e. The van der Waals surface area contributed by atoms with Gasteiger partial charge in [0.15, 0.2) is 18.2 Å². The summed E-state index contributed by atoms with van der Waals surface area (Å²) in [7, 11) is 0. The molecule has 0 amide bonds. The third-order valence-electron chi connectivity index (χ3n) is 8.19. The van der Waals surface area contributed by atoms with Crippen molar-refractivity contribution in [3.05, 3.63) is 82.2 Å². The van der Waals surface area contributed by atoms with Crippen LogP contribution in [0.3, 0.4) is 0 Å². The van der Waals surface area contributed by atoms with Crippen LogP contribution in [0.4, 0.5) is 0 Å². The summed E-state index contributed by atoms with van der Waals surface area (Å²) < 4.78 is 5.99. The minimum atomic E-state index is -0.833. The molecule has 5 rings (SSSR count). The van der Waals surface area contributed by atoms with Gasteiger partial charge < -0.3 is 30.7 Å². The van der Waals surface area contributed by atoms with Gasteiger partial charge in [0.2, 0.25) is 0 Å². The second-order valence-electron chi connectivity index (χ2n) is 11.5. The van der Waals surface area contributed by atoms with Gasteiger partial charge in [-0.05, 0) is 72.1 Å². The molecule has 0 fully saturated rings. The largest absolute Gasteiger partial charge is 0.504 e. The van der Waals surface area contributed by atoms with Crippen LogP contribution in [0.15, 0.2) is 64.9 Å². The lowest BCUT2D eigenvalue weighted by atomic mass is 9.89. The lowest BCUT2D eigenvalue weighted by Gasteiger charge is -2.26. The molecule has 9 nitrogen and oxygen atoms in total. The molecule has 224 valence electrons. The van der Waals surface area contributed by atoms with Crippen molar-refractivity contribution < 1.29 is 24.9 Å². The Balaban J connectivity index is 1.14. The van der Waals surface area contributed by atoms with E-state index in [0.29, 0.717) is 25.1 Å². The van der Waals surface area contributed by atoms with E-state index in [9.17, 15) is 20.1 Å². The number of hydrogen-bond acceptors (Lipinski definition) is 9. The van der Waals surface area contributed by atoms with Gasteiger partial charge in [0, 0.05) is 37.4 Å². The van der Waals surface area contributed by atoms with Crippen molar-refractivity contribution in [2.75, 3.05) is 19.8 Å². The lowest BCUT2D eigenvalue weighted by Crippen LogP contribution is -2.35. The first-order valence-electron chi connectivity index (χ1n) is 14.9. The molecule has 0 saturated carbocycles. The minimum absolute atomic E-state index is 0.0314. The summed E-state index contributed by atoms with van der Waals surface area (Å²) in [4.78, 5) is 19.1. The van der Waals surface area contributed by atoms with Gasteiger partial charge in [0.05, 0.1) is 30.6 Å². The van der Waals surface area contributed by atoms with Gasteiger partial charge in [-0.15, -0.1) is 0 Å². The Morgan fingerprint density at radius 3 is 2.93 bits per heavy atom. The van der Waals surface area contributed by atoms with E-state index in [4.69, 9.17) is 10.5 Å². The number of ether oxygens (including phenoxy) is 1. The number of ketones is 1. The molecule has 3 atom stereocenters. The Kier molecular flexibility index (Phi) is 9.74. The van der Waals surface area contributed by atoms with Crippen molar-refractivity contribution in [1.82, 2.24) is 10.2 Å². The Morgan fingerprint density at radius 2 is 2.10 bits per heavy atom. The van der Waals surface area contributed by atoms with E-state index in [1.807, 2.05) is 18.0 Å². The Morgan fingerprint density at radius 1 is 1.24 bits per heavy atom. The molecule has 0 saturated heterocycles. The van der Waals surface area contributed by atoms with Crippen LogP contribution in [-0.4, -0.2) is 63.7 Å². The van der Waals surface area contributed by atoms with Crippen LogP contribution >= 0.6 is 0 Å². The molecule has 3 heterocycles. The van der Waals surface area contributed by atoms with Crippen LogP contribution in [0.25, 0.3) is 0 Å². The predicted octanol–water partition coefficient (Wildman–Crippen LogP) is 3.42. The first-order valence-corrected chi connectivity index (χ1v) is 14.9. The number of phenolic OH excluding ortho intramolecular Hbond substituents is 1. The van der Waals surface area contributed by atoms with Crippen molar-refractivity contribution >= 4 is 11.5 Å². The number of aliphatic hydroxyl groups is 2. The highest BCUT2D eigenvalue weighted by Crippen LogP contribution is 2.32. The lowest BCUT2D eigenvalue weighted by molar-refractivity contribution is -0.121. The number of nitrogens with one attached hydrogen (secondary N) is 1. The SMILES string of the molecule is CCCC(O)CC(O)CC(=O)CCc1ccc(O)c(OCN2C=C3C(Cc4cccc5c4CCNC5N)=CN=C3C2)c1. The fraction of sp³-hybridized carbons (Fsp3) is 0.455. The Bertz CT molecular complexity index is 1380. The summed E-state index contributed by atoms with van der Waals surface area (Å²) >= 11 is 0. The number of allylic oxidation sites excluding steroid dienone is 1. The molecule has 0 radical (unpaired) electrons. The number of aliphatic imine (C=N–C) groups is 1. The van der Waals surface area contributed by atoms with Crippen molar-refractivity contribution in [3.8, 4) is 11.5 Å². The van der Waals surface area contributed by atoms with E-state index in [1.54, 1.807) is 18.2 Å². The number of hydrogen-bond donors (Lipinski definition) is 5. The number of nitrogens with zero attached hydrogens (tertiary/aromatic N) is 2. The summed E-state index contributed by atoms with van der Waals surface area (Å²) in [6, 6.07) is 11.5. The number of aliphatic hydroxyl groups excluding tert-OH is 2. The number of carbonyl (C=O) groups is 1. The summed E-state index contributed by atoms with van der Waals surface area (Å²) in [5, 5.41) is 33.7. The van der Waals surface area contributed by atoms with Crippen molar-refractivity contribution in [2.45, 2.75) is 76.7 Å². The molecule has 9 heteroatoms. The van der Waals surface area contributed by atoms with Crippen molar-refractivity contribution in [3.63, 3.8) is 0 Å². The van der Waals surface area contributed by atoms with Gasteiger partial charge in [0.1, 0.15) is 5.78 Å². The normalized spacial score (nSPS) is 19.0. The standard InChI is InChI=1S/C33H42N4O5/c1-2-4-24(38)15-26(40)16-25(39)9-7-21-8-10-31(41)32(13-21)42-20-37-18-29-23(17-36-30(29)19-37)14-22-5-3-6-28-27(22)11-12-35-33(28)34/h3,5-6,8,10,13,17-18,24,26,33,35,38,40-41H,2,4,7,9,11-12,14-16,19-20,34H2,1H3. The number of Topliss-reactive ketones (excluding diaryl/α,β-unsaturated/α-hetero) is 1. The summed E-state index contributed by atoms with van der Waals surface area (Å²) in [6.07, 6.45) is 6.68. The fourth-order valence-corrected chi connectivity index (χ4v) is 5.97. The quantitative estimate of drug-likeness (QED) is 0.231. The molecular formula is C33H42N4O5. The molecule has 3 aliphatic heterocycles. The summed E-state index contributed by atoms with van der Waals surface area (Å²) in [6.45, 7) is 3.72. The minimum Gasteiger partial charge on any atom is -0.504 e. The van der Waals surface area contributed by atoms with Gasteiger partial charge in [-0.1, -0.05) is 37.6 Å². The van der Waals surface area contributed by atoms with E-state index in [2.05, 4.69) is 34.7 Å². The topological polar surface area (TPSA) is 141 Å². The first-order chi connectivity index (χ1) is 20.3. The Labute approximate surface area is 247 Å². The summed E-state index contributed by atoms with van der Waals surface area (Å²) in [5.74, 6) is 0.339. The van der Waals surface area contributed by atoms with E-state index in [1.165, 1.54) is 22.3 Å². The van der Waals surface area contributed by atoms with Gasteiger partial charge in [-0.25, -0.2) is 0 Å². The average molecular weight is 575 g/mol. The number of nitrogens with two attached hydrogens (primary N) is 1. The van der Waals surface area contributed by atoms with Crippen LogP contribution in [0.1, 0.15) is 67.4 Å². The van der Waals surface area contributed by atoms with E-state index < -0.39 is 12.2 Å².